The molecule has 0 heterocycles. The summed E-state index contributed by atoms with van der Waals surface area (Å²) in [4.78, 5) is 11.7. The standard InChI is InChI=1S/C25H40FNO/c1-2-3-4-5-6-7-8-9-10-11-12-13-14-15-22-27-25(28)21-18-23-16-19-24(26)20-17-23/h16-21H,2-15,22H2,1H3,(H,27,28)/b21-18+. The van der Waals surface area contributed by atoms with Crippen LogP contribution >= 0.6 is 0 Å². The monoisotopic (exact) mass is 389 g/mol. The summed E-state index contributed by atoms with van der Waals surface area (Å²) in [6.45, 7) is 3.00. The van der Waals surface area contributed by atoms with E-state index in [4.69, 9.17) is 0 Å². The maximum absolute atomic E-state index is 12.8. The lowest BCUT2D eigenvalue weighted by atomic mass is 10.0. The van der Waals surface area contributed by atoms with Gasteiger partial charge in [-0.1, -0.05) is 103 Å². The lowest BCUT2D eigenvalue weighted by molar-refractivity contribution is -0.116. The van der Waals surface area contributed by atoms with Gasteiger partial charge in [-0.25, -0.2) is 4.39 Å². The fourth-order valence-corrected chi connectivity index (χ4v) is 3.34. The van der Waals surface area contributed by atoms with E-state index in [1.807, 2.05) is 0 Å². The lowest BCUT2D eigenvalue weighted by Gasteiger charge is -2.04. The largest absolute Gasteiger partial charge is 0.353 e. The van der Waals surface area contributed by atoms with E-state index in [0.717, 1.165) is 18.5 Å². The van der Waals surface area contributed by atoms with Gasteiger partial charge in [-0.2, -0.15) is 0 Å². The van der Waals surface area contributed by atoms with Crippen molar-refractivity contribution in [1.29, 1.82) is 0 Å². The second-order valence-electron chi connectivity index (χ2n) is 7.77. The minimum absolute atomic E-state index is 0.0842. The van der Waals surface area contributed by atoms with E-state index in [2.05, 4.69) is 12.2 Å². The van der Waals surface area contributed by atoms with Crippen LogP contribution in [0.4, 0.5) is 4.39 Å². The first-order valence-electron chi connectivity index (χ1n) is 11.4. The van der Waals surface area contributed by atoms with E-state index in [-0.39, 0.29) is 11.7 Å². The highest BCUT2D eigenvalue weighted by molar-refractivity contribution is 5.91. The second-order valence-corrected chi connectivity index (χ2v) is 7.77. The van der Waals surface area contributed by atoms with Gasteiger partial charge in [0, 0.05) is 12.6 Å². The summed E-state index contributed by atoms with van der Waals surface area (Å²) in [5, 5.41) is 2.91. The highest BCUT2D eigenvalue weighted by Crippen LogP contribution is 2.12. The summed E-state index contributed by atoms with van der Waals surface area (Å²) in [5.41, 5.74) is 0.827. The van der Waals surface area contributed by atoms with Crippen LogP contribution in [0.3, 0.4) is 0 Å². The van der Waals surface area contributed by atoms with Crippen molar-refractivity contribution in [2.24, 2.45) is 0 Å². The van der Waals surface area contributed by atoms with Gasteiger partial charge in [0.2, 0.25) is 5.91 Å². The molecule has 2 nitrogen and oxygen atoms in total. The predicted molar refractivity (Wildman–Crippen MR) is 119 cm³/mol. The van der Waals surface area contributed by atoms with Gasteiger partial charge in [0.05, 0.1) is 0 Å². The number of carbonyl (C=O) groups excluding carboxylic acids is 1. The molecule has 158 valence electrons. The van der Waals surface area contributed by atoms with Gasteiger partial charge in [-0.05, 0) is 30.2 Å². The Bertz CT molecular complexity index is 524. The number of nitrogens with one attached hydrogen (secondary N) is 1. The topological polar surface area (TPSA) is 29.1 Å². The van der Waals surface area contributed by atoms with Crippen molar-refractivity contribution in [1.82, 2.24) is 5.32 Å². The fraction of sp³-hybridized carbons (Fsp3) is 0.640. The number of halogens is 1. The molecule has 1 aromatic carbocycles. The summed E-state index contributed by atoms with van der Waals surface area (Å²) >= 11 is 0. The summed E-state index contributed by atoms with van der Waals surface area (Å²) in [5.74, 6) is -0.349. The summed E-state index contributed by atoms with van der Waals surface area (Å²) in [6.07, 6.45) is 21.9. The number of carbonyl (C=O) groups is 1. The third kappa shape index (κ3) is 14.4. The Morgan fingerprint density at radius 3 is 1.75 bits per heavy atom. The maximum Gasteiger partial charge on any atom is 0.243 e. The Hall–Kier alpha value is -1.64. The molecule has 0 unspecified atom stereocenters. The molecular formula is C25H40FNO. The fourth-order valence-electron chi connectivity index (χ4n) is 3.34. The zero-order valence-electron chi connectivity index (χ0n) is 17.9. The highest BCUT2D eigenvalue weighted by atomic mass is 19.1. The molecule has 28 heavy (non-hydrogen) atoms. The molecular weight excluding hydrogens is 349 g/mol. The predicted octanol–water partition coefficient (Wildman–Crippen LogP) is 7.44. The molecule has 0 saturated heterocycles. The number of rotatable bonds is 17. The third-order valence-electron chi connectivity index (χ3n) is 5.13. The molecule has 1 N–H and O–H groups in total. The van der Waals surface area contributed by atoms with Gasteiger partial charge >= 0.3 is 0 Å². The SMILES string of the molecule is CCCCCCCCCCCCCCCCNC(=O)/C=C/c1ccc(F)cc1. The normalized spacial score (nSPS) is 11.2. The van der Waals surface area contributed by atoms with Gasteiger partial charge in [0.25, 0.3) is 0 Å². The van der Waals surface area contributed by atoms with Gasteiger partial charge in [0.15, 0.2) is 0 Å². The van der Waals surface area contributed by atoms with Crippen LogP contribution in [-0.2, 0) is 4.79 Å². The Morgan fingerprint density at radius 2 is 1.25 bits per heavy atom. The van der Waals surface area contributed by atoms with Crippen LogP contribution in [0, 0.1) is 5.82 Å². The smallest absolute Gasteiger partial charge is 0.243 e. The summed E-state index contributed by atoms with van der Waals surface area (Å²) in [6, 6.07) is 6.11. The molecule has 3 heteroatoms. The molecule has 0 aliphatic heterocycles. The Labute approximate surface area is 172 Å². The van der Waals surface area contributed by atoms with E-state index in [1.165, 1.54) is 102 Å². The van der Waals surface area contributed by atoms with E-state index >= 15 is 0 Å². The molecule has 1 amide bonds. The Morgan fingerprint density at radius 1 is 0.786 bits per heavy atom. The van der Waals surface area contributed by atoms with Crippen molar-refractivity contribution >= 4 is 12.0 Å². The molecule has 0 fully saturated rings. The quantitative estimate of drug-likeness (QED) is 0.218. The summed E-state index contributed by atoms with van der Waals surface area (Å²) in [7, 11) is 0. The number of hydrogen-bond acceptors (Lipinski definition) is 1. The van der Waals surface area contributed by atoms with Crippen LogP contribution in [0.1, 0.15) is 102 Å². The van der Waals surface area contributed by atoms with Gasteiger partial charge in [0.1, 0.15) is 5.82 Å². The Balaban J connectivity index is 1.84. The van der Waals surface area contributed by atoms with Crippen LogP contribution in [0.5, 0.6) is 0 Å². The summed E-state index contributed by atoms with van der Waals surface area (Å²) < 4.78 is 12.8. The number of unbranched alkanes of at least 4 members (excludes halogenated alkanes) is 13. The minimum Gasteiger partial charge on any atom is -0.353 e. The van der Waals surface area contributed by atoms with Gasteiger partial charge < -0.3 is 5.32 Å². The van der Waals surface area contributed by atoms with Crippen LogP contribution in [0.2, 0.25) is 0 Å². The molecule has 0 spiro atoms. The molecule has 0 aromatic heterocycles. The zero-order valence-corrected chi connectivity index (χ0v) is 17.9. The number of hydrogen-bond donors (Lipinski definition) is 1. The average molecular weight is 390 g/mol. The van der Waals surface area contributed by atoms with Gasteiger partial charge in [-0.3, -0.25) is 4.79 Å². The van der Waals surface area contributed by atoms with E-state index < -0.39 is 0 Å². The van der Waals surface area contributed by atoms with Crippen molar-refractivity contribution in [2.45, 2.75) is 96.8 Å². The van der Waals surface area contributed by atoms with E-state index in [0.29, 0.717) is 0 Å². The minimum atomic E-state index is -0.264. The van der Waals surface area contributed by atoms with Crippen molar-refractivity contribution in [3.8, 4) is 0 Å². The van der Waals surface area contributed by atoms with Crippen molar-refractivity contribution in [3.05, 3.63) is 41.7 Å². The molecule has 0 saturated carbocycles. The van der Waals surface area contributed by atoms with Crippen molar-refractivity contribution in [2.75, 3.05) is 6.54 Å². The van der Waals surface area contributed by atoms with Crippen LogP contribution in [-0.4, -0.2) is 12.5 Å². The van der Waals surface area contributed by atoms with E-state index in [9.17, 15) is 9.18 Å². The zero-order chi connectivity index (χ0) is 20.3. The molecule has 1 aromatic rings. The first kappa shape index (κ1) is 24.4. The van der Waals surface area contributed by atoms with E-state index in [1.54, 1.807) is 18.2 Å². The number of amides is 1. The van der Waals surface area contributed by atoms with Gasteiger partial charge in [-0.15, -0.1) is 0 Å². The first-order chi connectivity index (χ1) is 13.7. The van der Waals surface area contributed by atoms with Crippen LogP contribution in [0.25, 0.3) is 6.08 Å². The number of benzene rings is 1. The molecule has 0 aliphatic carbocycles. The van der Waals surface area contributed by atoms with Crippen molar-refractivity contribution in [3.63, 3.8) is 0 Å². The third-order valence-corrected chi connectivity index (χ3v) is 5.13. The first-order valence-corrected chi connectivity index (χ1v) is 11.4. The van der Waals surface area contributed by atoms with Crippen LogP contribution < -0.4 is 5.32 Å². The Kier molecular flexibility index (Phi) is 15.2. The lowest BCUT2D eigenvalue weighted by Crippen LogP contribution is -2.21. The molecule has 0 bridgehead atoms. The highest BCUT2D eigenvalue weighted by Gasteiger charge is 1.97. The van der Waals surface area contributed by atoms with Crippen LogP contribution in [0.15, 0.2) is 30.3 Å². The molecule has 1 rings (SSSR count). The average Bonchev–Trinajstić information content (AvgIpc) is 2.70. The maximum atomic E-state index is 12.8. The molecule has 0 atom stereocenters. The molecule has 0 aliphatic rings. The van der Waals surface area contributed by atoms with Crippen molar-refractivity contribution < 1.29 is 9.18 Å². The second kappa shape index (κ2) is 17.5. The molecule has 0 radical (unpaired) electrons.